The van der Waals surface area contributed by atoms with E-state index in [1.165, 1.54) is 11.3 Å². The van der Waals surface area contributed by atoms with Crippen LogP contribution >= 0.6 is 11.3 Å². The summed E-state index contributed by atoms with van der Waals surface area (Å²) < 4.78 is 0. The van der Waals surface area contributed by atoms with Crippen molar-refractivity contribution in [3.63, 3.8) is 0 Å². The van der Waals surface area contributed by atoms with Gasteiger partial charge in [0.2, 0.25) is 5.91 Å². The summed E-state index contributed by atoms with van der Waals surface area (Å²) in [5.74, 6) is 0.0588. The van der Waals surface area contributed by atoms with Crippen LogP contribution in [-0.2, 0) is 11.2 Å². The van der Waals surface area contributed by atoms with Crippen molar-refractivity contribution in [2.45, 2.75) is 25.3 Å². The highest BCUT2D eigenvalue weighted by Gasteiger charge is 2.30. The van der Waals surface area contributed by atoms with Crippen LogP contribution in [-0.4, -0.2) is 39.9 Å². The molecular formula is C15H18N4OS. The van der Waals surface area contributed by atoms with Gasteiger partial charge in [0, 0.05) is 36.4 Å². The Morgan fingerprint density at radius 1 is 1.38 bits per heavy atom. The van der Waals surface area contributed by atoms with Crippen LogP contribution in [0.15, 0.2) is 36.0 Å². The second-order valence-electron chi connectivity index (χ2n) is 5.09. The van der Waals surface area contributed by atoms with Gasteiger partial charge in [0.25, 0.3) is 0 Å². The first-order chi connectivity index (χ1) is 10.3. The van der Waals surface area contributed by atoms with E-state index >= 15 is 0 Å². The average Bonchev–Trinajstić information content (AvgIpc) is 3.17. The van der Waals surface area contributed by atoms with Crippen LogP contribution in [0, 0.1) is 0 Å². The normalized spacial score (nSPS) is 18.8. The summed E-state index contributed by atoms with van der Waals surface area (Å²) >= 11 is 1.45. The number of carbonyl (C=O) groups excluding carboxylic acids is 1. The maximum Gasteiger partial charge on any atom is 0.243 e. The monoisotopic (exact) mass is 302 g/mol. The molecule has 1 unspecified atom stereocenters. The summed E-state index contributed by atoms with van der Waals surface area (Å²) in [6, 6.07) is 5.90. The number of pyridine rings is 1. The quantitative estimate of drug-likeness (QED) is 0.920. The number of hydrogen-bond donors (Lipinski definition) is 1. The van der Waals surface area contributed by atoms with Gasteiger partial charge in [0.1, 0.15) is 0 Å². The Morgan fingerprint density at radius 3 is 3.10 bits per heavy atom. The summed E-state index contributed by atoms with van der Waals surface area (Å²) in [5, 5.41) is 5.44. The standard InChI is InChI=1S/C15H18N4OS/c20-14(18-15-17-8-11-21-15)13-5-3-9-19(13)10-6-12-4-1-2-7-16-12/h1-2,4,7-8,11,13H,3,5-6,9-10H2,(H,17,18,20). The zero-order chi connectivity index (χ0) is 14.5. The van der Waals surface area contributed by atoms with Gasteiger partial charge >= 0.3 is 0 Å². The zero-order valence-corrected chi connectivity index (χ0v) is 12.6. The van der Waals surface area contributed by atoms with E-state index < -0.39 is 0 Å². The Balaban J connectivity index is 1.56. The van der Waals surface area contributed by atoms with Crippen molar-refractivity contribution in [2.24, 2.45) is 0 Å². The highest BCUT2D eigenvalue weighted by atomic mass is 32.1. The van der Waals surface area contributed by atoms with Gasteiger partial charge in [-0.3, -0.25) is 14.7 Å². The molecule has 2 aromatic heterocycles. The summed E-state index contributed by atoms with van der Waals surface area (Å²) in [6.07, 6.45) is 6.37. The highest BCUT2D eigenvalue weighted by Crippen LogP contribution is 2.20. The first-order valence-electron chi connectivity index (χ1n) is 7.17. The maximum atomic E-state index is 12.3. The van der Waals surface area contributed by atoms with Crippen molar-refractivity contribution in [1.82, 2.24) is 14.9 Å². The topological polar surface area (TPSA) is 58.1 Å². The van der Waals surface area contributed by atoms with Gasteiger partial charge in [0.05, 0.1) is 6.04 Å². The molecule has 0 saturated carbocycles. The number of nitrogens with one attached hydrogen (secondary N) is 1. The molecule has 1 saturated heterocycles. The van der Waals surface area contributed by atoms with E-state index in [0.29, 0.717) is 5.13 Å². The molecule has 1 fully saturated rings. The average molecular weight is 302 g/mol. The molecular weight excluding hydrogens is 284 g/mol. The number of rotatable bonds is 5. The number of amides is 1. The Kier molecular flexibility index (Phi) is 4.57. The SMILES string of the molecule is O=C(Nc1nccs1)C1CCCN1CCc1ccccn1. The van der Waals surface area contributed by atoms with Crippen molar-refractivity contribution in [3.05, 3.63) is 41.7 Å². The fourth-order valence-electron chi connectivity index (χ4n) is 2.67. The second-order valence-corrected chi connectivity index (χ2v) is 5.99. The van der Waals surface area contributed by atoms with Crippen LogP contribution in [0.5, 0.6) is 0 Å². The zero-order valence-electron chi connectivity index (χ0n) is 11.7. The fourth-order valence-corrected chi connectivity index (χ4v) is 3.20. The summed E-state index contributed by atoms with van der Waals surface area (Å²) in [4.78, 5) is 23.0. The number of carbonyl (C=O) groups is 1. The number of hydrogen-bond acceptors (Lipinski definition) is 5. The van der Waals surface area contributed by atoms with Crippen molar-refractivity contribution < 1.29 is 4.79 Å². The number of thiazole rings is 1. The number of aromatic nitrogens is 2. The van der Waals surface area contributed by atoms with Crippen LogP contribution in [0.25, 0.3) is 0 Å². The Labute approximate surface area is 128 Å². The van der Waals surface area contributed by atoms with E-state index in [-0.39, 0.29) is 11.9 Å². The smallest absolute Gasteiger partial charge is 0.243 e. The molecule has 1 amide bonds. The van der Waals surface area contributed by atoms with Crippen LogP contribution in [0.2, 0.25) is 0 Å². The summed E-state index contributed by atoms with van der Waals surface area (Å²) in [7, 11) is 0. The predicted octanol–water partition coefficient (Wildman–Crippen LogP) is 2.18. The lowest BCUT2D eigenvalue weighted by Gasteiger charge is -2.22. The molecule has 3 rings (SSSR count). The third-order valence-corrected chi connectivity index (χ3v) is 4.40. The molecule has 0 aliphatic carbocycles. The van der Waals surface area contributed by atoms with Gasteiger partial charge in [-0.05, 0) is 31.5 Å². The molecule has 2 aromatic rings. The minimum Gasteiger partial charge on any atom is -0.301 e. The van der Waals surface area contributed by atoms with Crippen LogP contribution in [0.3, 0.4) is 0 Å². The van der Waals surface area contributed by atoms with E-state index in [4.69, 9.17) is 0 Å². The van der Waals surface area contributed by atoms with Crippen LogP contribution in [0.1, 0.15) is 18.5 Å². The van der Waals surface area contributed by atoms with Crippen molar-refractivity contribution in [1.29, 1.82) is 0 Å². The molecule has 5 nitrogen and oxygen atoms in total. The molecule has 3 heterocycles. The van der Waals surface area contributed by atoms with Crippen LogP contribution < -0.4 is 5.32 Å². The van der Waals surface area contributed by atoms with E-state index in [0.717, 1.165) is 38.0 Å². The Bertz CT molecular complexity index is 573. The number of likely N-dealkylation sites (tertiary alicyclic amines) is 1. The molecule has 0 bridgehead atoms. The second kappa shape index (κ2) is 6.78. The van der Waals surface area contributed by atoms with E-state index in [2.05, 4.69) is 20.2 Å². The molecule has 1 N–H and O–H groups in total. The molecule has 0 spiro atoms. The third-order valence-electron chi connectivity index (χ3n) is 3.71. The minimum absolute atomic E-state index is 0.0439. The molecule has 1 aliphatic heterocycles. The van der Waals surface area contributed by atoms with Gasteiger partial charge < -0.3 is 5.32 Å². The predicted molar refractivity (Wildman–Crippen MR) is 83.3 cm³/mol. The lowest BCUT2D eigenvalue weighted by atomic mass is 10.2. The molecule has 1 atom stereocenters. The lowest BCUT2D eigenvalue weighted by molar-refractivity contribution is -0.120. The van der Waals surface area contributed by atoms with Gasteiger partial charge in [-0.15, -0.1) is 11.3 Å². The Hall–Kier alpha value is -1.79. The van der Waals surface area contributed by atoms with E-state index in [1.807, 2.05) is 29.8 Å². The van der Waals surface area contributed by atoms with Gasteiger partial charge in [0.15, 0.2) is 5.13 Å². The van der Waals surface area contributed by atoms with Gasteiger partial charge in [-0.25, -0.2) is 4.98 Å². The maximum absolute atomic E-state index is 12.3. The minimum atomic E-state index is -0.0439. The molecule has 21 heavy (non-hydrogen) atoms. The fraction of sp³-hybridized carbons (Fsp3) is 0.400. The lowest BCUT2D eigenvalue weighted by Crippen LogP contribution is -2.40. The van der Waals surface area contributed by atoms with Gasteiger partial charge in [-0.2, -0.15) is 0 Å². The molecule has 0 aromatic carbocycles. The van der Waals surface area contributed by atoms with Crippen LogP contribution in [0.4, 0.5) is 5.13 Å². The molecule has 0 radical (unpaired) electrons. The first kappa shape index (κ1) is 14.2. The highest BCUT2D eigenvalue weighted by molar-refractivity contribution is 7.13. The summed E-state index contributed by atoms with van der Waals surface area (Å²) in [6.45, 7) is 1.84. The summed E-state index contributed by atoms with van der Waals surface area (Å²) in [5.41, 5.74) is 1.07. The Morgan fingerprint density at radius 2 is 2.33 bits per heavy atom. The van der Waals surface area contributed by atoms with E-state index in [1.54, 1.807) is 6.20 Å². The first-order valence-corrected chi connectivity index (χ1v) is 8.05. The number of anilines is 1. The molecule has 1 aliphatic rings. The third kappa shape index (κ3) is 3.65. The van der Waals surface area contributed by atoms with Crippen molar-refractivity contribution in [3.8, 4) is 0 Å². The molecule has 110 valence electrons. The van der Waals surface area contributed by atoms with Crippen molar-refractivity contribution >= 4 is 22.4 Å². The van der Waals surface area contributed by atoms with Gasteiger partial charge in [-0.1, -0.05) is 6.07 Å². The molecule has 6 heteroatoms. The van der Waals surface area contributed by atoms with E-state index in [9.17, 15) is 4.79 Å². The van der Waals surface area contributed by atoms with Crippen molar-refractivity contribution in [2.75, 3.05) is 18.4 Å². The number of nitrogens with zero attached hydrogens (tertiary/aromatic N) is 3. The largest absolute Gasteiger partial charge is 0.301 e.